The van der Waals surface area contributed by atoms with Gasteiger partial charge < -0.3 is 18.9 Å². The predicted octanol–water partition coefficient (Wildman–Crippen LogP) is 3.68. The highest BCUT2D eigenvalue weighted by Gasteiger charge is 2.25. The van der Waals surface area contributed by atoms with Gasteiger partial charge in [0.1, 0.15) is 5.75 Å². The van der Waals surface area contributed by atoms with Crippen LogP contribution in [0, 0.1) is 11.8 Å². The van der Waals surface area contributed by atoms with Crippen LogP contribution in [0.15, 0.2) is 60.7 Å². The van der Waals surface area contributed by atoms with Crippen LogP contribution in [-0.4, -0.2) is 38.5 Å². The van der Waals surface area contributed by atoms with Gasteiger partial charge in [-0.15, -0.1) is 0 Å². The smallest absolute Gasteiger partial charge is 0.337 e. The van der Waals surface area contributed by atoms with E-state index in [1.165, 1.54) is 32.4 Å². The van der Waals surface area contributed by atoms with Crippen molar-refractivity contribution in [2.75, 3.05) is 21.0 Å². The molecule has 0 atom stereocenters. The summed E-state index contributed by atoms with van der Waals surface area (Å²) in [4.78, 5) is 37.5. The van der Waals surface area contributed by atoms with Crippen molar-refractivity contribution in [2.45, 2.75) is 0 Å². The summed E-state index contributed by atoms with van der Waals surface area (Å²) in [7, 11) is 2.82. The molecule has 0 amide bonds. The minimum atomic E-state index is -0.719. The summed E-state index contributed by atoms with van der Waals surface area (Å²) in [6, 6.07) is 15.8. The van der Waals surface area contributed by atoms with Crippen molar-refractivity contribution in [3.8, 4) is 29.1 Å². The summed E-state index contributed by atoms with van der Waals surface area (Å²) in [5.74, 6) is 5.42. The van der Waals surface area contributed by atoms with Gasteiger partial charge in [-0.25, -0.2) is 4.79 Å². The van der Waals surface area contributed by atoms with Gasteiger partial charge in [-0.05, 0) is 54.6 Å². The second-order valence-electron chi connectivity index (χ2n) is 6.96. The number of esters is 1. The zero-order chi connectivity index (χ0) is 23.4. The quantitative estimate of drug-likeness (QED) is 0.258. The Hall–Kier alpha value is -4.57. The fourth-order valence-electron chi connectivity index (χ4n) is 3.18. The predicted molar refractivity (Wildman–Crippen MR) is 118 cm³/mol. The third-order valence-electron chi connectivity index (χ3n) is 4.96. The molecule has 0 radical (unpaired) electrons. The molecule has 1 aliphatic rings. The molecule has 3 aromatic carbocycles. The molecule has 7 heteroatoms. The Kier molecular flexibility index (Phi) is 6.09. The number of ether oxygens (including phenoxy) is 4. The number of methoxy groups -OCH3 is 2. The van der Waals surface area contributed by atoms with Gasteiger partial charge in [-0.2, -0.15) is 0 Å². The lowest BCUT2D eigenvalue weighted by Gasteiger charge is -2.07. The van der Waals surface area contributed by atoms with E-state index in [-0.39, 0.29) is 17.9 Å². The highest BCUT2D eigenvalue weighted by atomic mass is 16.7. The fraction of sp³-hybridized carbons (Fsp3) is 0.115. The monoisotopic (exact) mass is 442 g/mol. The van der Waals surface area contributed by atoms with Crippen molar-refractivity contribution < 1.29 is 33.3 Å². The molecule has 3 aromatic rings. The molecule has 0 saturated carbocycles. The molecule has 1 heterocycles. The standard InChI is InChI=1S/C26H18O7/c1-30-20-11-9-17(10-12-20)24(27)25(28)21-14-23-22(32-15-33-23)13-19(21)8-5-16-3-6-18(7-4-16)26(29)31-2/h3-4,6-7,9-14H,15H2,1-2H3. The van der Waals surface area contributed by atoms with Crippen LogP contribution in [0.4, 0.5) is 0 Å². The van der Waals surface area contributed by atoms with Crippen LogP contribution in [-0.2, 0) is 4.74 Å². The van der Waals surface area contributed by atoms with Crippen LogP contribution in [0.25, 0.3) is 0 Å². The van der Waals surface area contributed by atoms with Crippen molar-refractivity contribution in [2.24, 2.45) is 0 Å². The van der Waals surface area contributed by atoms with E-state index in [2.05, 4.69) is 16.6 Å². The lowest BCUT2D eigenvalue weighted by atomic mass is 9.96. The Morgan fingerprint density at radius 1 is 0.788 bits per heavy atom. The largest absolute Gasteiger partial charge is 0.497 e. The van der Waals surface area contributed by atoms with Gasteiger partial charge in [0.2, 0.25) is 18.4 Å². The molecular weight excluding hydrogens is 424 g/mol. The van der Waals surface area contributed by atoms with Crippen LogP contribution < -0.4 is 14.2 Å². The number of carbonyl (C=O) groups excluding carboxylic acids is 3. The molecule has 0 aliphatic carbocycles. The number of benzene rings is 3. The van der Waals surface area contributed by atoms with Crippen molar-refractivity contribution in [3.63, 3.8) is 0 Å². The molecule has 7 nitrogen and oxygen atoms in total. The van der Waals surface area contributed by atoms with Gasteiger partial charge in [0.25, 0.3) is 0 Å². The molecule has 0 bridgehead atoms. The van der Waals surface area contributed by atoms with Crippen molar-refractivity contribution >= 4 is 17.5 Å². The topological polar surface area (TPSA) is 88.1 Å². The van der Waals surface area contributed by atoms with Gasteiger partial charge in [0.15, 0.2) is 11.5 Å². The molecule has 0 unspecified atom stereocenters. The molecule has 0 saturated heterocycles. The Morgan fingerprint density at radius 3 is 2.06 bits per heavy atom. The number of hydrogen-bond acceptors (Lipinski definition) is 7. The first-order valence-electron chi connectivity index (χ1n) is 9.87. The molecule has 164 valence electrons. The normalized spacial score (nSPS) is 11.2. The van der Waals surface area contributed by atoms with E-state index in [0.717, 1.165) is 0 Å². The summed E-state index contributed by atoms with van der Waals surface area (Å²) in [5.41, 5.74) is 1.67. The first kappa shape index (κ1) is 21.7. The maximum absolute atomic E-state index is 13.1. The Bertz CT molecular complexity index is 1290. The van der Waals surface area contributed by atoms with E-state index in [1.807, 2.05) is 0 Å². The van der Waals surface area contributed by atoms with E-state index >= 15 is 0 Å². The van der Waals surface area contributed by atoms with Crippen LogP contribution in [0.5, 0.6) is 17.2 Å². The van der Waals surface area contributed by atoms with Crippen LogP contribution >= 0.6 is 0 Å². The molecular formula is C26H18O7. The van der Waals surface area contributed by atoms with E-state index in [4.69, 9.17) is 14.2 Å². The minimum Gasteiger partial charge on any atom is -0.497 e. The zero-order valence-electron chi connectivity index (χ0n) is 17.8. The number of hydrogen-bond donors (Lipinski definition) is 0. The number of Topliss-reactive ketones (excluding diaryl/α,β-unsaturated/α-hetero) is 2. The van der Waals surface area contributed by atoms with Crippen LogP contribution in [0.1, 0.15) is 42.2 Å². The summed E-state index contributed by atoms with van der Waals surface area (Å²) in [6.07, 6.45) is 0. The minimum absolute atomic E-state index is 0.0151. The highest BCUT2D eigenvalue weighted by Crippen LogP contribution is 2.35. The summed E-state index contributed by atoms with van der Waals surface area (Å²) in [6.45, 7) is 0.0151. The first-order chi connectivity index (χ1) is 16.0. The lowest BCUT2D eigenvalue weighted by molar-refractivity contribution is 0.0600. The summed E-state index contributed by atoms with van der Waals surface area (Å²) >= 11 is 0. The fourth-order valence-corrected chi connectivity index (χ4v) is 3.18. The number of fused-ring (bicyclic) bond motifs is 1. The lowest BCUT2D eigenvalue weighted by Crippen LogP contribution is -2.16. The van der Waals surface area contributed by atoms with E-state index in [0.29, 0.717) is 33.9 Å². The van der Waals surface area contributed by atoms with E-state index < -0.39 is 17.5 Å². The maximum Gasteiger partial charge on any atom is 0.337 e. The molecule has 0 fully saturated rings. The average Bonchev–Trinajstić information content (AvgIpc) is 3.33. The number of rotatable bonds is 5. The zero-order valence-corrected chi connectivity index (χ0v) is 17.8. The molecule has 33 heavy (non-hydrogen) atoms. The van der Waals surface area contributed by atoms with Gasteiger partial charge in [-0.1, -0.05) is 11.8 Å². The van der Waals surface area contributed by atoms with Gasteiger partial charge in [0.05, 0.1) is 19.8 Å². The van der Waals surface area contributed by atoms with E-state index in [1.54, 1.807) is 42.5 Å². The van der Waals surface area contributed by atoms with Crippen molar-refractivity contribution in [1.82, 2.24) is 0 Å². The Labute approximate surface area is 189 Å². The van der Waals surface area contributed by atoms with Crippen molar-refractivity contribution in [3.05, 3.63) is 88.5 Å². The summed E-state index contributed by atoms with van der Waals surface area (Å²) in [5, 5.41) is 0. The first-order valence-corrected chi connectivity index (χ1v) is 9.87. The SMILES string of the molecule is COC(=O)c1ccc(C#Cc2cc3c(cc2C(=O)C(=O)c2ccc(OC)cc2)OCO3)cc1. The molecule has 0 N–H and O–H groups in total. The summed E-state index contributed by atoms with van der Waals surface area (Å²) < 4.78 is 20.6. The third-order valence-corrected chi connectivity index (χ3v) is 4.96. The van der Waals surface area contributed by atoms with Crippen molar-refractivity contribution in [1.29, 1.82) is 0 Å². The van der Waals surface area contributed by atoms with Crippen LogP contribution in [0.2, 0.25) is 0 Å². The molecule has 0 aromatic heterocycles. The Morgan fingerprint density at radius 2 is 1.42 bits per heavy atom. The molecule has 1 aliphatic heterocycles. The number of ketones is 2. The maximum atomic E-state index is 13.1. The van der Waals surface area contributed by atoms with Gasteiger partial charge in [-0.3, -0.25) is 9.59 Å². The van der Waals surface area contributed by atoms with Gasteiger partial charge in [0, 0.05) is 28.3 Å². The highest BCUT2D eigenvalue weighted by molar-refractivity contribution is 6.49. The molecule has 4 rings (SSSR count). The average molecular weight is 442 g/mol. The molecule has 0 spiro atoms. The van der Waals surface area contributed by atoms with Gasteiger partial charge >= 0.3 is 5.97 Å². The van der Waals surface area contributed by atoms with E-state index in [9.17, 15) is 14.4 Å². The van der Waals surface area contributed by atoms with Crippen LogP contribution in [0.3, 0.4) is 0 Å². The second kappa shape index (κ2) is 9.28. The number of carbonyl (C=O) groups is 3. The third kappa shape index (κ3) is 4.55. The Balaban J connectivity index is 1.68. The second-order valence-corrected chi connectivity index (χ2v) is 6.96.